The molecule has 1 heterocycles. The van der Waals surface area contributed by atoms with Gasteiger partial charge < -0.3 is 14.9 Å². The van der Waals surface area contributed by atoms with Gasteiger partial charge in [0.05, 0.1) is 20.6 Å². The van der Waals surface area contributed by atoms with Gasteiger partial charge in [-0.25, -0.2) is 4.79 Å². The summed E-state index contributed by atoms with van der Waals surface area (Å²) in [6.07, 6.45) is 9.64. The Bertz CT molecular complexity index is 756. The molecule has 1 aliphatic carbocycles. The lowest BCUT2D eigenvalue weighted by Gasteiger charge is -2.21. The molecule has 8 heteroatoms. The molecule has 0 spiro atoms. The first-order valence-corrected chi connectivity index (χ1v) is 11.7. The van der Waals surface area contributed by atoms with E-state index in [-0.39, 0.29) is 36.8 Å². The van der Waals surface area contributed by atoms with Crippen LogP contribution in [0.4, 0.5) is 0 Å². The number of halogens is 1. The molecule has 1 saturated carbocycles. The van der Waals surface area contributed by atoms with Gasteiger partial charge in [0, 0.05) is 20.6 Å². The average molecular weight is 495 g/mol. The van der Waals surface area contributed by atoms with Crippen molar-refractivity contribution < 1.29 is 24.5 Å². The first kappa shape index (κ1) is 25.0. The van der Waals surface area contributed by atoms with E-state index in [1.807, 2.05) is 19.1 Å². The Balaban J connectivity index is 1.89. The van der Waals surface area contributed by atoms with Crippen molar-refractivity contribution in [2.75, 3.05) is 13.2 Å². The smallest absolute Gasteiger partial charge is 0.329 e. The van der Waals surface area contributed by atoms with Gasteiger partial charge in [-0.3, -0.25) is 4.79 Å². The summed E-state index contributed by atoms with van der Waals surface area (Å²) in [7, 11) is 5.90. The summed E-state index contributed by atoms with van der Waals surface area (Å²) in [5.74, 6) is -0.768. The first-order valence-electron chi connectivity index (χ1n) is 10.1. The van der Waals surface area contributed by atoms with Gasteiger partial charge in [0.1, 0.15) is 6.61 Å². The largest absolute Gasteiger partial charge is 0.480 e. The highest BCUT2D eigenvalue weighted by Gasteiger charge is 2.39. The van der Waals surface area contributed by atoms with Crippen LogP contribution in [0.2, 0.25) is 6.32 Å². The lowest BCUT2D eigenvalue weighted by atomic mass is 9.80. The van der Waals surface area contributed by atoms with Gasteiger partial charge in [-0.1, -0.05) is 24.5 Å². The van der Waals surface area contributed by atoms with E-state index in [0.717, 1.165) is 10.9 Å². The quantitative estimate of drug-likeness (QED) is 0.197. The minimum Gasteiger partial charge on any atom is -0.480 e. The Morgan fingerprint density at radius 2 is 2.17 bits per heavy atom. The molecule has 0 bridgehead atoms. The molecule has 5 nitrogen and oxygen atoms in total. The van der Waals surface area contributed by atoms with Gasteiger partial charge in [0.15, 0.2) is 5.78 Å². The molecule has 2 radical (unpaired) electrons. The number of aliphatic hydroxyl groups excluding tert-OH is 1. The van der Waals surface area contributed by atoms with E-state index in [4.69, 9.17) is 17.7 Å². The van der Waals surface area contributed by atoms with E-state index in [1.165, 1.54) is 9.75 Å². The number of ether oxygens (including phenoxy) is 1. The van der Waals surface area contributed by atoms with Crippen molar-refractivity contribution in [3.05, 3.63) is 44.6 Å². The van der Waals surface area contributed by atoms with Crippen molar-refractivity contribution in [2.24, 2.45) is 17.8 Å². The summed E-state index contributed by atoms with van der Waals surface area (Å²) in [6, 6.07) is 2.07. The van der Waals surface area contributed by atoms with Crippen LogP contribution in [-0.4, -0.2) is 49.1 Å². The molecule has 1 aromatic heterocycles. The number of ketones is 1. The van der Waals surface area contributed by atoms with Crippen LogP contribution in [0.5, 0.6) is 0 Å². The summed E-state index contributed by atoms with van der Waals surface area (Å²) in [5.41, 5.74) is 0. The van der Waals surface area contributed by atoms with Crippen molar-refractivity contribution in [1.82, 2.24) is 0 Å². The van der Waals surface area contributed by atoms with Crippen molar-refractivity contribution >= 4 is 46.9 Å². The van der Waals surface area contributed by atoms with E-state index < -0.39 is 12.1 Å². The van der Waals surface area contributed by atoms with E-state index in [9.17, 15) is 14.7 Å². The number of hydrogen-bond donors (Lipinski definition) is 2. The molecule has 0 aliphatic heterocycles. The maximum absolute atomic E-state index is 12.4. The fourth-order valence-electron chi connectivity index (χ4n) is 3.84. The molecule has 2 N–H and O–H groups in total. The summed E-state index contributed by atoms with van der Waals surface area (Å²) < 4.78 is 6.06. The first-order chi connectivity index (χ1) is 14.3. The van der Waals surface area contributed by atoms with Crippen LogP contribution < -0.4 is 0 Å². The van der Waals surface area contributed by atoms with Gasteiger partial charge in [0.25, 0.3) is 0 Å². The van der Waals surface area contributed by atoms with E-state index in [0.29, 0.717) is 25.6 Å². The number of thiophene rings is 1. The predicted molar refractivity (Wildman–Crippen MR) is 123 cm³/mol. The number of aliphatic hydroxyl groups is 1. The number of carbonyl (C=O) groups is 2. The lowest BCUT2D eigenvalue weighted by Crippen LogP contribution is -2.18. The molecular formula is C22H28BBrO5S. The summed E-state index contributed by atoms with van der Waals surface area (Å²) >= 11 is 5.20. The highest BCUT2D eigenvalue weighted by molar-refractivity contribution is 9.10. The normalized spacial score (nSPS) is 24.2. The second-order valence-electron chi connectivity index (χ2n) is 7.60. The number of allylic oxidation sites excluding steroid dienone is 3. The molecule has 1 unspecified atom stereocenters. The summed E-state index contributed by atoms with van der Waals surface area (Å²) in [5, 5.41) is 19.0. The van der Waals surface area contributed by atoms with Gasteiger partial charge in [-0.15, -0.1) is 11.3 Å². The number of rotatable bonds is 12. The monoisotopic (exact) mass is 494 g/mol. The van der Waals surface area contributed by atoms with Crippen LogP contribution in [0, 0.1) is 24.7 Å². The molecule has 2 rings (SSSR count). The predicted octanol–water partition coefficient (Wildman–Crippen LogP) is 4.12. The van der Waals surface area contributed by atoms with Crippen LogP contribution in [-0.2, 0) is 20.7 Å². The van der Waals surface area contributed by atoms with Crippen LogP contribution >= 0.6 is 27.3 Å². The number of hydrogen-bond acceptors (Lipinski definition) is 5. The minimum absolute atomic E-state index is 0.0192. The summed E-state index contributed by atoms with van der Waals surface area (Å²) in [4.78, 5) is 25.2. The third kappa shape index (κ3) is 7.80. The zero-order chi connectivity index (χ0) is 22.1. The zero-order valence-electron chi connectivity index (χ0n) is 17.1. The molecule has 162 valence electrons. The topological polar surface area (TPSA) is 83.8 Å². The second kappa shape index (κ2) is 12.6. The molecule has 30 heavy (non-hydrogen) atoms. The Kier molecular flexibility index (Phi) is 10.5. The molecule has 1 aliphatic rings. The van der Waals surface area contributed by atoms with Gasteiger partial charge in [-0.05, 0) is 72.0 Å². The maximum atomic E-state index is 12.4. The molecular weight excluding hydrogens is 467 g/mol. The second-order valence-corrected chi connectivity index (χ2v) is 9.79. The number of aryl methyl sites for hydroxylation is 2. The molecule has 0 amide bonds. The van der Waals surface area contributed by atoms with Gasteiger partial charge in [0.2, 0.25) is 0 Å². The third-order valence-electron chi connectivity index (χ3n) is 5.42. The number of aliphatic carboxylic acids is 1. The lowest BCUT2D eigenvalue weighted by molar-refractivity contribution is -0.141. The molecule has 0 saturated heterocycles. The Morgan fingerprint density at radius 1 is 1.40 bits per heavy atom. The van der Waals surface area contributed by atoms with Crippen molar-refractivity contribution in [3.8, 4) is 0 Å². The van der Waals surface area contributed by atoms with Crippen molar-refractivity contribution in [1.29, 1.82) is 0 Å². The molecule has 1 fully saturated rings. The zero-order valence-corrected chi connectivity index (χ0v) is 19.5. The van der Waals surface area contributed by atoms with Crippen LogP contribution in [0.25, 0.3) is 0 Å². The fourth-order valence-corrected chi connectivity index (χ4v) is 5.44. The standard InChI is InChI=1S/C22H28BBrO5S/c1-14-20(24)11-17(30-14)7-5-16(25)6-8-18-15(12-23)10-21(26)19(18)4-2-3-9-29-13-22(27)28/h2-3,6,8,11,15,18-19,21,26H,4-5,7,9-10,12-13H2,1H3,(H,27,28)/b3-2-,8-6+/t15-,18-,19+,21?/m0/s1. The number of carboxylic acid groups (broad SMARTS) is 1. The molecule has 1 aromatic rings. The number of carboxylic acids is 1. The van der Waals surface area contributed by atoms with Gasteiger partial charge >= 0.3 is 5.97 Å². The van der Waals surface area contributed by atoms with Crippen molar-refractivity contribution in [3.63, 3.8) is 0 Å². The number of carbonyl (C=O) groups excluding carboxylic acids is 1. The summed E-state index contributed by atoms with van der Waals surface area (Å²) in [6.45, 7) is 1.93. The van der Waals surface area contributed by atoms with Crippen LogP contribution in [0.1, 0.15) is 29.0 Å². The molecule has 0 aromatic carbocycles. The highest BCUT2D eigenvalue weighted by atomic mass is 79.9. The van der Waals surface area contributed by atoms with Crippen LogP contribution in [0.3, 0.4) is 0 Å². The SMILES string of the molecule is [B]C[C@@H]1CC(O)[C@H](C/C=C\COCC(=O)O)[C@H]1/C=C/C(=O)CCc1cc(Br)c(C)s1. The molecule has 4 atom stereocenters. The highest BCUT2D eigenvalue weighted by Crippen LogP contribution is 2.42. The Hall–Kier alpha value is -1.22. The van der Waals surface area contributed by atoms with E-state index in [2.05, 4.69) is 22.0 Å². The van der Waals surface area contributed by atoms with Crippen LogP contribution in [0.15, 0.2) is 34.8 Å². The van der Waals surface area contributed by atoms with Crippen molar-refractivity contribution in [2.45, 2.75) is 45.0 Å². The minimum atomic E-state index is -1.00. The van der Waals surface area contributed by atoms with Gasteiger partial charge in [-0.2, -0.15) is 0 Å². The van der Waals surface area contributed by atoms with E-state index in [1.54, 1.807) is 23.5 Å². The average Bonchev–Trinajstić information content (AvgIpc) is 3.19. The maximum Gasteiger partial charge on any atom is 0.329 e. The Morgan fingerprint density at radius 3 is 2.80 bits per heavy atom. The third-order valence-corrected chi connectivity index (χ3v) is 7.62. The fraction of sp³-hybridized carbons (Fsp3) is 0.545. The van der Waals surface area contributed by atoms with E-state index >= 15 is 0 Å². The Labute approximate surface area is 191 Å².